The lowest BCUT2D eigenvalue weighted by atomic mass is 10.1. The molecular weight excluding hydrogens is 210 g/mol. The van der Waals surface area contributed by atoms with Gasteiger partial charge in [0.1, 0.15) is 0 Å². The van der Waals surface area contributed by atoms with E-state index >= 15 is 0 Å². The van der Waals surface area contributed by atoms with Gasteiger partial charge in [-0.2, -0.15) is 5.10 Å². The predicted octanol–water partition coefficient (Wildman–Crippen LogP) is 2.51. The summed E-state index contributed by atoms with van der Waals surface area (Å²) in [6.07, 6.45) is 1.90. The number of rotatable bonds is 4. The van der Waals surface area contributed by atoms with Gasteiger partial charge in [-0.3, -0.25) is 4.68 Å². The van der Waals surface area contributed by atoms with Gasteiger partial charge in [0.2, 0.25) is 0 Å². The van der Waals surface area contributed by atoms with Crippen molar-refractivity contribution in [1.82, 2.24) is 15.1 Å². The first-order valence-electron chi connectivity index (χ1n) is 6.01. The monoisotopic (exact) mass is 229 g/mol. The van der Waals surface area contributed by atoms with Crippen molar-refractivity contribution in [3.05, 3.63) is 41.6 Å². The number of benzene rings is 1. The third-order valence-corrected chi connectivity index (χ3v) is 2.93. The average molecular weight is 229 g/mol. The van der Waals surface area contributed by atoms with Crippen molar-refractivity contribution >= 4 is 0 Å². The van der Waals surface area contributed by atoms with Crippen LogP contribution in [-0.4, -0.2) is 16.3 Å². The average Bonchev–Trinajstić information content (AvgIpc) is 2.67. The number of aryl methyl sites for hydroxylation is 2. The zero-order valence-corrected chi connectivity index (χ0v) is 10.7. The Morgan fingerprint density at radius 3 is 2.47 bits per heavy atom. The Hall–Kier alpha value is -1.61. The lowest BCUT2D eigenvalue weighted by Gasteiger charge is -2.06. The molecule has 1 heterocycles. The molecule has 2 aromatic rings. The zero-order chi connectivity index (χ0) is 12.3. The first-order chi connectivity index (χ1) is 8.22. The topological polar surface area (TPSA) is 29.9 Å². The fourth-order valence-corrected chi connectivity index (χ4v) is 2.01. The van der Waals surface area contributed by atoms with Crippen LogP contribution in [0.4, 0.5) is 0 Å². The smallest absolute Gasteiger partial charge is 0.0708 e. The van der Waals surface area contributed by atoms with Crippen LogP contribution in [0.5, 0.6) is 0 Å². The highest BCUT2D eigenvalue weighted by molar-refractivity contribution is 5.63. The zero-order valence-electron chi connectivity index (χ0n) is 10.7. The Labute approximate surface area is 102 Å². The standard InChI is InChI=1S/C14H19N3/c1-4-15-10-12-5-7-13(8-6-12)14-11(2)9-16-17(14)3/h5-9,15H,4,10H2,1-3H3. The van der Waals surface area contributed by atoms with E-state index in [1.54, 1.807) is 0 Å². The van der Waals surface area contributed by atoms with E-state index in [0.717, 1.165) is 13.1 Å². The van der Waals surface area contributed by atoms with Gasteiger partial charge in [0, 0.05) is 19.2 Å². The van der Waals surface area contributed by atoms with Crippen LogP contribution in [0.2, 0.25) is 0 Å². The van der Waals surface area contributed by atoms with Crippen molar-refractivity contribution in [3.8, 4) is 11.3 Å². The number of hydrogen-bond donors (Lipinski definition) is 1. The summed E-state index contributed by atoms with van der Waals surface area (Å²) < 4.78 is 1.93. The predicted molar refractivity (Wildman–Crippen MR) is 70.8 cm³/mol. The molecule has 3 nitrogen and oxygen atoms in total. The number of hydrogen-bond acceptors (Lipinski definition) is 2. The molecule has 0 aliphatic rings. The highest BCUT2D eigenvalue weighted by atomic mass is 15.3. The molecule has 2 rings (SSSR count). The fourth-order valence-electron chi connectivity index (χ4n) is 2.01. The highest BCUT2D eigenvalue weighted by Crippen LogP contribution is 2.22. The molecule has 0 aliphatic heterocycles. The third kappa shape index (κ3) is 2.56. The highest BCUT2D eigenvalue weighted by Gasteiger charge is 2.06. The van der Waals surface area contributed by atoms with Gasteiger partial charge in [-0.1, -0.05) is 31.2 Å². The molecule has 0 radical (unpaired) electrons. The summed E-state index contributed by atoms with van der Waals surface area (Å²) in [4.78, 5) is 0. The van der Waals surface area contributed by atoms with Crippen molar-refractivity contribution in [2.75, 3.05) is 6.54 Å². The van der Waals surface area contributed by atoms with Crippen LogP contribution in [0.25, 0.3) is 11.3 Å². The summed E-state index contributed by atoms with van der Waals surface area (Å²) in [6.45, 7) is 6.14. The Balaban J connectivity index is 2.23. The maximum absolute atomic E-state index is 4.27. The van der Waals surface area contributed by atoms with Gasteiger partial charge in [-0.15, -0.1) is 0 Å². The van der Waals surface area contributed by atoms with Crippen LogP contribution in [0, 0.1) is 6.92 Å². The molecule has 17 heavy (non-hydrogen) atoms. The molecule has 0 unspecified atom stereocenters. The second-order valence-electron chi connectivity index (χ2n) is 4.28. The normalized spacial score (nSPS) is 10.8. The molecule has 0 fully saturated rings. The van der Waals surface area contributed by atoms with Crippen molar-refractivity contribution in [2.24, 2.45) is 7.05 Å². The van der Waals surface area contributed by atoms with Gasteiger partial charge < -0.3 is 5.32 Å². The molecule has 1 N–H and O–H groups in total. The second-order valence-corrected chi connectivity index (χ2v) is 4.28. The Morgan fingerprint density at radius 1 is 1.24 bits per heavy atom. The summed E-state index contributed by atoms with van der Waals surface area (Å²) in [5.41, 5.74) is 4.95. The van der Waals surface area contributed by atoms with E-state index in [-0.39, 0.29) is 0 Å². The molecule has 3 heteroatoms. The van der Waals surface area contributed by atoms with E-state index < -0.39 is 0 Å². The molecular formula is C14H19N3. The van der Waals surface area contributed by atoms with Crippen LogP contribution in [0.15, 0.2) is 30.5 Å². The quantitative estimate of drug-likeness (QED) is 0.873. The van der Waals surface area contributed by atoms with E-state index in [4.69, 9.17) is 0 Å². The van der Waals surface area contributed by atoms with E-state index in [0.29, 0.717) is 0 Å². The summed E-state index contributed by atoms with van der Waals surface area (Å²) in [7, 11) is 1.98. The Morgan fingerprint density at radius 2 is 1.94 bits per heavy atom. The molecule has 0 spiro atoms. The largest absolute Gasteiger partial charge is 0.313 e. The van der Waals surface area contributed by atoms with Gasteiger partial charge in [-0.05, 0) is 24.6 Å². The molecule has 0 bridgehead atoms. The third-order valence-electron chi connectivity index (χ3n) is 2.93. The van der Waals surface area contributed by atoms with Gasteiger partial charge in [0.25, 0.3) is 0 Å². The molecule has 0 amide bonds. The minimum Gasteiger partial charge on any atom is -0.313 e. The van der Waals surface area contributed by atoms with Gasteiger partial charge in [0.05, 0.1) is 11.9 Å². The van der Waals surface area contributed by atoms with E-state index in [1.807, 2.05) is 17.9 Å². The first kappa shape index (κ1) is 11.9. The molecule has 0 saturated heterocycles. The van der Waals surface area contributed by atoms with Crippen molar-refractivity contribution in [3.63, 3.8) is 0 Å². The van der Waals surface area contributed by atoms with Crippen LogP contribution < -0.4 is 5.32 Å². The summed E-state index contributed by atoms with van der Waals surface area (Å²) in [6, 6.07) is 8.67. The number of nitrogens with one attached hydrogen (secondary N) is 1. The molecule has 1 aromatic heterocycles. The van der Waals surface area contributed by atoms with Crippen LogP contribution in [-0.2, 0) is 13.6 Å². The van der Waals surface area contributed by atoms with Crippen LogP contribution >= 0.6 is 0 Å². The maximum Gasteiger partial charge on any atom is 0.0708 e. The molecule has 90 valence electrons. The van der Waals surface area contributed by atoms with Gasteiger partial charge in [-0.25, -0.2) is 0 Å². The Kier molecular flexibility index (Phi) is 3.59. The van der Waals surface area contributed by atoms with Crippen LogP contribution in [0.1, 0.15) is 18.1 Å². The van der Waals surface area contributed by atoms with Crippen LogP contribution in [0.3, 0.4) is 0 Å². The molecule has 0 atom stereocenters. The summed E-state index contributed by atoms with van der Waals surface area (Å²) in [5, 5.41) is 7.59. The fraction of sp³-hybridized carbons (Fsp3) is 0.357. The second kappa shape index (κ2) is 5.15. The lowest BCUT2D eigenvalue weighted by molar-refractivity contribution is 0.727. The minimum absolute atomic E-state index is 0.932. The van der Waals surface area contributed by atoms with Crippen molar-refractivity contribution < 1.29 is 0 Å². The molecule has 1 aromatic carbocycles. The summed E-state index contributed by atoms with van der Waals surface area (Å²) >= 11 is 0. The number of nitrogens with zero attached hydrogens (tertiary/aromatic N) is 2. The van der Waals surface area contributed by atoms with E-state index in [2.05, 4.69) is 48.5 Å². The minimum atomic E-state index is 0.932. The lowest BCUT2D eigenvalue weighted by Crippen LogP contribution is -2.11. The Bertz CT molecular complexity index is 463. The van der Waals surface area contributed by atoms with E-state index in [1.165, 1.54) is 22.4 Å². The van der Waals surface area contributed by atoms with Crippen molar-refractivity contribution in [1.29, 1.82) is 0 Å². The maximum atomic E-state index is 4.27. The molecule has 0 aliphatic carbocycles. The van der Waals surface area contributed by atoms with E-state index in [9.17, 15) is 0 Å². The summed E-state index contributed by atoms with van der Waals surface area (Å²) in [5.74, 6) is 0. The SMILES string of the molecule is CCNCc1ccc(-c2c(C)cnn2C)cc1. The first-order valence-corrected chi connectivity index (χ1v) is 6.01. The number of aromatic nitrogens is 2. The molecule has 0 saturated carbocycles. The van der Waals surface area contributed by atoms with Gasteiger partial charge in [0.15, 0.2) is 0 Å². The van der Waals surface area contributed by atoms with Gasteiger partial charge >= 0.3 is 0 Å². The van der Waals surface area contributed by atoms with Crippen molar-refractivity contribution in [2.45, 2.75) is 20.4 Å².